The van der Waals surface area contributed by atoms with E-state index in [0.717, 1.165) is 16.9 Å². The van der Waals surface area contributed by atoms with Gasteiger partial charge in [-0.2, -0.15) is 10.2 Å². The molecule has 3 heterocycles. The third kappa shape index (κ3) is 3.89. The van der Waals surface area contributed by atoms with Crippen molar-refractivity contribution >= 4 is 17.1 Å². The van der Waals surface area contributed by atoms with E-state index < -0.39 is 5.82 Å². The third-order valence-corrected chi connectivity index (χ3v) is 5.61. The summed E-state index contributed by atoms with van der Waals surface area (Å²) >= 11 is 6.47. The second kappa shape index (κ2) is 8.55. The normalized spacial score (nSPS) is 11.2. The first-order valence-electron chi connectivity index (χ1n) is 10.1. The summed E-state index contributed by atoms with van der Waals surface area (Å²) < 4.78 is 28.1. The fourth-order valence-corrected chi connectivity index (χ4v) is 3.97. The lowest BCUT2D eigenvalue weighted by Gasteiger charge is -2.14. The lowest BCUT2D eigenvalue weighted by atomic mass is 10.0. The zero-order valence-corrected chi connectivity index (χ0v) is 18.6. The van der Waals surface area contributed by atoms with E-state index in [9.17, 15) is 4.39 Å². The number of hydrogen-bond acceptors (Lipinski definition) is 5. The highest BCUT2D eigenvalue weighted by Crippen LogP contribution is 2.38. The van der Waals surface area contributed by atoms with Gasteiger partial charge in [0, 0.05) is 23.4 Å². The van der Waals surface area contributed by atoms with Crippen molar-refractivity contribution in [3.63, 3.8) is 0 Å². The van der Waals surface area contributed by atoms with Crippen molar-refractivity contribution in [1.29, 1.82) is 0 Å². The molecule has 0 N–H and O–H groups in total. The topological polar surface area (TPSA) is 66.5 Å². The van der Waals surface area contributed by atoms with Gasteiger partial charge in [-0.05, 0) is 35.9 Å². The van der Waals surface area contributed by atoms with Gasteiger partial charge in [-0.15, -0.1) is 0 Å². The van der Waals surface area contributed by atoms with Crippen molar-refractivity contribution in [3.8, 4) is 34.0 Å². The largest absolute Gasteiger partial charge is 0.497 e. The van der Waals surface area contributed by atoms with Crippen LogP contribution in [0, 0.1) is 5.82 Å². The Morgan fingerprint density at radius 3 is 2.58 bits per heavy atom. The molecular weight excluding hydrogens is 445 g/mol. The first-order chi connectivity index (χ1) is 16.1. The van der Waals surface area contributed by atoms with E-state index in [1.807, 2.05) is 35.1 Å². The van der Waals surface area contributed by atoms with Gasteiger partial charge in [-0.25, -0.2) is 13.9 Å². The lowest BCUT2D eigenvalue weighted by molar-refractivity contribution is 0.412. The molecule has 0 bridgehead atoms. The van der Waals surface area contributed by atoms with Gasteiger partial charge in [0.15, 0.2) is 5.15 Å². The second-order valence-electron chi connectivity index (χ2n) is 7.35. The molecule has 0 saturated heterocycles. The predicted octanol–water partition coefficient (Wildman–Crippen LogP) is 5.12. The average molecular weight is 464 g/mol. The maximum Gasteiger partial charge on any atom is 0.155 e. The molecule has 9 heteroatoms. The average Bonchev–Trinajstić information content (AvgIpc) is 3.50. The smallest absolute Gasteiger partial charge is 0.155 e. The fraction of sp³-hybridized carbons (Fsp3) is 0.125. The number of hydrogen-bond donors (Lipinski definition) is 0. The Hall–Kier alpha value is -3.91. The maximum absolute atomic E-state index is 13.9. The monoisotopic (exact) mass is 463 g/mol. The van der Waals surface area contributed by atoms with Gasteiger partial charge in [0.25, 0.3) is 0 Å². The molecule has 0 aliphatic heterocycles. The SMILES string of the molecule is COc1ccc(Cn2cc(-c3nc(Cl)c4ccnn4c3-c3ccc(F)cc3OC)cn2)cc1. The Morgan fingerprint density at radius 1 is 1.00 bits per heavy atom. The van der Waals surface area contributed by atoms with Gasteiger partial charge in [0.2, 0.25) is 0 Å². The summed E-state index contributed by atoms with van der Waals surface area (Å²) in [6.45, 7) is 0.566. The number of nitrogens with zero attached hydrogens (tertiary/aromatic N) is 5. The summed E-state index contributed by atoms with van der Waals surface area (Å²) in [4.78, 5) is 4.65. The molecule has 0 unspecified atom stereocenters. The van der Waals surface area contributed by atoms with E-state index in [2.05, 4.69) is 15.2 Å². The summed E-state index contributed by atoms with van der Waals surface area (Å²) in [6, 6.07) is 13.9. The number of methoxy groups -OCH3 is 2. The molecule has 0 spiro atoms. The van der Waals surface area contributed by atoms with Gasteiger partial charge in [-0.3, -0.25) is 4.68 Å². The number of aromatic nitrogens is 5. The molecule has 7 nitrogen and oxygen atoms in total. The van der Waals surface area contributed by atoms with Crippen molar-refractivity contribution in [2.75, 3.05) is 14.2 Å². The molecular formula is C24H19ClFN5O2. The molecule has 33 heavy (non-hydrogen) atoms. The van der Waals surface area contributed by atoms with Crippen molar-refractivity contribution in [1.82, 2.24) is 24.4 Å². The molecule has 0 aliphatic rings. The summed E-state index contributed by atoms with van der Waals surface area (Å²) in [6.07, 6.45) is 5.24. The summed E-state index contributed by atoms with van der Waals surface area (Å²) in [7, 11) is 3.13. The minimum absolute atomic E-state index is 0.301. The quantitative estimate of drug-likeness (QED) is 0.350. The maximum atomic E-state index is 13.9. The van der Waals surface area contributed by atoms with Crippen LogP contribution in [0.4, 0.5) is 4.39 Å². The van der Waals surface area contributed by atoms with Crippen LogP contribution in [0.2, 0.25) is 5.15 Å². The van der Waals surface area contributed by atoms with Crippen molar-refractivity contribution in [2.45, 2.75) is 6.54 Å². The van der Waals surface area contributed by atoms with Crippen LogP contribution >= 0.6 is 11.6 Å². The van der Waals surface area contributed by atoms with E-state index in [0.29, 0.717) is 39.9 Å². The highest BCUT2D eigenvalue weighted by molar-refractivity contribution is 6.32. The molecule has 3 aromatic heterocycles. The molecule has 5 rings (SSSR count). The number of benzene rings is 2. The molecule has 0 saturated carbocycles. The van der Waals surface area contributed by atoms with Gasteiger partial charge >= 0.3 is 0 Å². The minimum atomic E-state index is -0.400. The number of rotatable bonds is 6. The third-order valence-electron chi connectivity index (χ3n) is 5.33. The Balaban J connectivity index is 1.62. The first kappa shape index (κ1) is 21.0. The molecule has 0 atom stereocenters. The van der Waals surface area contributed by atoms with Crippen molar-refractivity contribution in [2.24, 2.45) is 0 Å². The molecule has 166 valence electrons. The van der Waals surface area contributed by atoms with E-state index in [1.165, 1.54) is 19.2 Å². The van der Waals surface area contributed by atoms with E-state index in [-0.39, 0.29) is 0 Å². The Kier molecular flexibility index (Phi) is 5.43. The minimum Gasteiger partial charge on any atom is -0.497 e. The fourth-order valence-electron chi connectivity index (χ4n) is 3.74. The zero-order chi connectivity index (χ0) is 22.9. The number of halogens is 2. The van der Waals surface area contributed by atoms with Crippen LogP contribution in [0.3, 0.4) is 0 Å². The van der Waals surface area contributed by atoms with E-state index in [1.54, 1.807) is 36.2 Å². The van der Waals surface area contributed by atoms with Crippen LogP contribution < -0.4 is 9.47 Å². The molecule has 0 amide bonds. The summed E-state index contributed by atoms with van der Waals surface area (Å²) in [5.74, 6) is 0.759. The second-order valence-corrected chi connectivity index (χ2v) is 7.71. The van der Waals surface area contributed by atoms with Gasteiger partial charge in [0.05, 0.1) is 33.2 Å². The Bertz CT molecular complexity index is 1450. The highest BCUT2D eigenvalue weighted by atomic mass is 35.5. The molecule has 0 radical (unpaired) electrons. The van der Waals surface area contributed by atoms with Crippen LogP contribution in [-0.2, 0) is 6.54 Å². The van der Waals surface area contributed by atoms with Gasteiger partial charge < -0.3 is 9.47 Å². The summed E-state index contributed by atoms with van der Waals surface area (Å²) in [5.41, 5.74) is 4.26. The molecule has 0 fully saturated rings. The van der Waals surface area contributed by atoms with Crippen LogP contribution in [0.1, 0.15) is 5.56 Å². The predicted molar refractivity (Wildman–Crippen MR) is 123 cm³/mol. The van der Waals surface area contributed by atoms with Crippen LogP contribution in [0.25, 0.3) is 28.0 Å². The molecule has 0 aliphatic carbocycles. The standard InChI is InChI=1S/C24H19ClFN5O2/c1-32-18-6-3-15(4-7-18)13-30-14-16(12-28-30)22-23(19-8-5-17(26)11-21(19)33-2)31-20(9-10-27-31)24(25)29-22/h3-12,14H,13H2,1-2H3. The van der Waals surface area contributed by atoms with Crippen LogP contribution in [-0.4, -0.2) is 38.6 Å². The Labute approximate surface area is 194 Å². The zero-order valence-electron chi connectivity index (χ0n) is 17.9. The Morgan fingerprint density at radius 2 is 1.82 bits per heavy atom. The number of ether oxygens (including phenoxy) is 2. The van der Waals surface area contributed by atoms with Crippen LogP contribution in [0.5, 0.6) is 11.5 Å². The molecule has 2 aromatic carbocycles. The number of fused-ring (bicyclic) bond motifs is 1. The molecule has 5 aromatic rings. The van der Waals surface area contributed by atoms with Crippen LogP contribution in [0.15, 0.2) is 67.1 Å². The van der Waals surface area contributed by atoms with Crippen molar-refractivity contribution < 1.29 is 13.9 Å². The lowest BCUT2D eigenvalue weighted by Crippen LogP contribution is -2.03. The highest BCUT2D eigenvalue weighted by Gasteiger charge is 2.21. The van der Waals surface area contributed by atoms with Crippen molar-refractivity contribution in [3.05, 3.63) is 83.7 Å². The van der Waals surface area contributed by atoms with Gasteiger partial charge in [-0.1, -0.05) is 23.7 Å². The van der Waals surface area contributed by atoms with E-state index >= 15 is 0 Å². The van der Waals surface area contributed by atoms with E-state index in [4.69, 9.17) is 21.1 Å². The first-order valence-corrected chi connectivity index (χ1v) is 10.5. The van der Waals surface area contributed by atoms with Gasteiger partial charge in [0.1, 0.15) is 34.2 Å². The summed E-state index contributed by atoms with van der Waals surface area (Å²) in [5, 5.41) is 9.24.